The van der Waals surface area contributed by atoms with E-state index in [2.05, 4.69) is 16.3 Å². The maximum Gasteiger partial charge on any atom is 0.253 e. The molecule has 1 heterocycles. The summed E-state index contributed by atoms with van der Waals surface area (Å²) in [4.78, 5) is 14.9. The van der Waals surface area contributed by atoms with Gasteiger partial charge in [-0.25, -0.2) is 0 Å². The highest BCUT2D eigenvalue weighted by atomic mass is 16.3. The van der Waals surface area contributed by atoms with E-state index < -0.39 is 5.60 Å². The van der Waals surface area contributed by atoms with E-state index >= 15 is 0 Å². The molecule has 1 aromatic carbocycles. The summed E-state index contributed by atoms with van der Waals surface area (Å²) in [5, 5.41) is 13.3. The summed E-state index contributed by atoms with van der Waals surface area (Å²) in [5.41, 5.74) is 2.00. The number of carbonyl (C=O) groups excluding carboxylic acids is 1. The van der Waals surface area contributed by atoms with Gasteiger partial charge in [-0.3, -0.25) is 4.79 Å². The molecule has 4 nitrogen and oxygen atoms in total. The van der Waals surface area contributed by atoms with E-state index in [1.54, 1.807) is 0 Å². The van der Waals surface area contributed by atoms with E-state index in [1.165, 1.54) is 12.8 Å². The molecule has 0 bridgehead atoms. The molecule has 4 heteroatoms. The molecule has 122 valence electrons. The number of hydrogen-bond donors (Lipinski definition) is 2. The molecule has 2 rings (SSSR count). The minimum absolute atomic E-state index is 0.0917. The molecule has 0 atom stereocenters. The van der Waals surface area contributed by atoms with Crippen molar-refractivity contribution >= 4 is 11.6 Å². The zero-order valence-corrected chi connectivity index (χ0v) is 14.0. The van der Waals surface area contributed by atoms with Crippen LogP contribution in [0.3, 0.4) is 0 Å². The molecule has 0 radical (unpaired) electrons. The second kappa shape index (κ2) is 7.14. The maximum atomic E-state index is 12.6. The predicted octanol–water partition coefficient (Wildman–Crippen LogP) is 2.88. The molecule has 1 saturated heterocycles. The van der Waals surface area contributed by atoms with E-state index in [9.17, 15) is 9.90 Å². The highest BCUT2D eigenvalue weighted by Crippen LogP contribution is 2.26. The molecule has 1 amide bonds. The first-order valence-electron chi connectivity index (χ1n) is 8.35. The molecule has 1 aliphatic heterocycles. The molecule has 22 heavy (non-hydrogen) atoms. The molecule has 1 fully saturated rings. The number of benzene rings is 1. The lowest BCUT2D eigenvalue weighted by Gasteiger charge is -2.26. The van der Waals surface area contributed by atoms with Crippen molar-refractivity contribution in [2.75, 3.05) is 24.5 Å². The summed E-state index contributed by atoms with van der Waals surface area (Å²) in [5.74, 6) is -0.0917. The number of aliphatic hydroxyl groups is 1. The molecular formula is C18H28N2O2. The minimum Gasteiger partial charge on any atom is -0.388 e. The van der Waals surface area contributed by atoms with Crippen LogP contribution in [0.2, 0.25) is 0 Å². The number of carbonyl (C=O) groups is 1. The van der Waals surface area contributed by atoms with Crippen molar-refractivity contribution in [3.05, 3.63) is 29.3 Å². The van der Waals surface area contributed by atoms with Crippen molar-refractivity contribution in [3.8, 4) is 0 Å². The Morgan fingerprint density at radius 1 is 1.27 bits per heavy atom. The smallest absolute Gasteiger partial charge is 0.253 e. The Hall–Kier alpha value is -1.55. The summed E-state index contributed by atoms with van der Waals surface area (Å²) in [7, 11) is 0. The fourth-order valence-corrected chi connectivity index (χ4v) is 2.91. The lowest BCUT2D eigenvalue weighted by molar-refractivity contribution is 0.0314. The van der Waals surface area contributed by atoms with Gasteiger partial charge in [0.2, 0.25) is 0 Å². The lowest BCUT2D eigenvalue weighted by atomic mass is 9.97. The van der Waals surface area contributed by atoms with Gasteiger partial charge in [0.05, 0.1) is 11.2 Å². The Kier molecular flexibility index (Phi) is 5.46. The van der Waals surface area contributed by atoms with Crippen molar-refractivity contribution in [1.82, 2.24) is 5.32 Å². The fraction of sp³-hybridized carbons (Fsp3) is 0.611. The minimum atomic E-state index is -0.812. The van der Waals surface area contributed by atoms with Gasteiger partial charge in [-0.2, -0.15) is 0 Å². The fourth-order valence-electron chi connectivity index (χ4n) is 2.91. The number of nitrogens with zero attached hydrogens (tertiary/aromatic N) is 1. The number of hydrogen-bond acceptors (Lipinski definition) is 3. The summed E-state index contributed by atoms with van der Waals surface area (Å²) < 4.78 is 0. The largest absolute Gasteiger partial charge is 0.388 e. The van der Waals surface area contributed by atoms with Crippen molar-refractivity contribution in [3.63, 3.8) is 0 Å². The Morgan fingerprint density at radius 2 is 1.91 bits per heavy atom. The third-order valence-electron chi connectivity index (χ3n) is 4.74. The quantitative estimate of drug-likeness (QED) is 0.849. The maximum absolute atomic E-state index is 12.6. The van der Waals surface area contributed by atoms with Gasteiger partial charge in [-0.15, -0.1) is 0 Å². The van der Waals surface area contributed by atoms with Crippen molar-refractivity contribution in [2.24, 2.45) is 0 Å². The van der Waals surface area contributed by atoms with Crippen LogP contribution in [-0.4, -0.2) is 36.2 Å². The molecule has 0 aromatic heterocycles. The zero-order chi connectivity index (χ0) is 16.2. The molecule has 0 aliphatic carbocycles. The monoisotopic (exact) mass is 304 g/mol. The van der Waals surface area contributed by atoms with Crippen LogP contribution in [0.4, 0.5) is 5.69 Å². The van der Waals surface area contributed by atoms with E-state index in [-0.39, 0.29) is 5.91 Å². The standard InChI is InChI=1S/C18H28N2O2/c1-4-18(22,5-2)13-19-17(21)15-12-14(3)8-9-16(15)20-10-6-7-11-20/h8-9,12,22H,4-7,10-11,13H2,1-3H3,(H,19,21). The van der Waals surface area contributed by atoms with Gasteiger partial charge >= 0.3 is 0 Å². The SMILES string of the molecule is CCC(O)(CC)CNC(=O)c1cc(C)ccc1N1CCCC1. The highest BCUT2D eigenvalue weighted by molar-refractivity contribution is 6.00. The highest BCUT2D eigenvalue weighted by Gasteiger charge is 2.25. The lowest BCUT2D eigenvalue weighted by Crippen LogP contribution is -2.42. The van der Waals surface area contributed by atoms with Crippen LogP contribution in [-0.2, 0) is 0 Å². The van der Waals surface area contributed by atoms with Crippen LogP contribution >= 0.6 is 0 Å². The molecular weight excluding hydrogens is 276 g/mol. The summed E-state index contributed by atoms with van der Waals surface area (Å²) >= 11 is 0. The number of amides is 1. The van der Waals surface area contributed by atoms with Gasteiger partial charge in [-0.05, 0) is 44.7 Å². The van der Waals surface area contributed by atoms with Crippen LogP contribution in [0.1, 0.15) is 55.5 Å². The molecule has 1 aliphatic rings. The number of rotatable bonds is 6. The number of anilines is 1. The second-order valence-corrected chi connectivity index (χ2v) is 6.33. The summed E-state index contributed by atoms with van der Waals surface area (Å²) in [6, 6.07) is 6.04. The van der Waals surface area contributed by atoms with Gasteiger partial charge in [0.15, 0.2) is 0 Å². The average molecular weight is 304 g/mol. The Bertz CT molecular complexity index is 518. The predicted molar refractivity (Wildman–Crippen MR) is 90.5 cm³/mol. The molecule has 0 unspecified atom stereocenters. The second-order valence-electron chi connectivity index (χ2n) is 6.33. The summed E-state index contributed by atoms with van der Waals surface area (Å²) in [6.45, 7) is 8.20. The van der Waals surface area contributed by atoms with Crippen LogP contribution in [0.25, 0.3) is 0 Å². The number of nitrogens with one attached hydrogen (secondary N) is 1. The Balaban J connectivity index is 2.16. The third kappa shape index (κ3) is 3.80. The molecule has 1 aromatic rings. The Labute approximate surface area is 133 Å². The first-order valence-corrected chi connectivity index (χ1v) is 8.35. The molecule has 2 N–H and O–H groups in total. The van der Waals surface area contributed by atoms with Crippen LogP contribution in [0.5, 0.6) is 0 Å². The normalized spacial score (nSPS) is 15.2. The van der Waals surface area contributed by atoms with Crippen LogP contribution in [0.15, 0.2) is 18.2 Å². The van der Waals surface area contributed by atoms with Crippen molar-refractivity contribution < 1.29 is 9.90 Å². The van der Waals surface area contributed by atoms with Gasteiger partial charge in [0, 0.05) is 25.3 Å². The van der Waals surface area contributed by atoms with Gasteiger partial charge in [0.1, 0.15) is 0 Å². The molecule has 0 spiro atoms. The van der Waals surface area contributed by atoms with E-state index in [1.807, 2.05) is 32.9 Å². The van der Waals surface area contributed by atoms with Gasteiger partial charge in [0.25, 0.3) is 5.91 Å². The van der Waals surface area contributed by atoms with Gasteiger partial charge in [-0.1, -0.05) is 25.5 Å². The van der Waals surface area contributed by atoms with Crippen molar-refractivity contribution in [1.29, 1.82) is 0 Å². The number of aryl methyl sites for hydroxylation is 1. The Morgan fingerprint density at radius 3 is 2.50 bits per heavy atom. The molecule has 0 saturated carbocycles. The zero-order valence-electron chi connectivity index (χ0n) is 14.0. The van der Waals surface area contributed by atoms with Crippen LogP contribution < -0.4 is 10.2 Å². The topological polar surface area (TPSA) is 52.6 Å². The van der Waals surface area contributed by atoms with Crippen molar-refractivity contribution in [2.45, 2.75) is 52.1 Å². The van der Waals surface area contributed by atoms with E-state index in [0.717, 1.165) is 29.9 Å². The summed E-state index contributed by atoms with van der Waals surface area (Å²) in [6.07, 6.45) is 3.63. The first-order chi connectivity index (χ1) is 10.5. The van der Waals surface area contributed by atoms with E-state index in [4.69, 9.17) is 0 Å². The third-order valence-corrected chi connectivity index (χ3v) is 4.74. The first kappa shape index (κ1) is 16.8. The average Bonchev–Trinajstić information content (AvgIpc) is 3.06. The van der Waals surface area contributed by atoms with Gasteiger partial charge < -0.3 is 15.3 Å². The van der Waals surface area contributed by atoms with E-state index in [0.29, 0.717) is 19.4 Å². The van der Waals surface area contributed by atoms with Crippen LogP contribution in [0, 0.1) is 6.92 Å².